The van der Waals surface area contributed by atoms with Crippen molar-refractivity contribution in [3.63, 3.8) is 0 Å². The van der Waals surface area contributed by atoms with E-state index in [1.165, 1.54) is 32.1 Å². The summed E-state index contributed by atoms with van der Waals surface area (Å²) in [5.74, 6) is 0.849. The maximum atomic E-state index is 12.7. The van der Waals surface area contributed by atoms with Crippen LogP contribution < -0.4 is 16.1 Å². The van der Waals surface area contributed by atoms with Crippen LogP contribution in [0.2, 0.25) is 0 Å². The van der Waals surface area contributed by atoms with Gasteiger partial charge in [-0.25, -0.2) is 4.79 Å². The maximum absolute atomic E-state index is 12.7. The lowest BCUT2D eigenvalue weighted by Gasteiger charge is -2.28. The SMILES string of the molecule is N#CC1=C(N)Oc2c(c(=O)oc3ccccc23)[C@@H]1CCC1CCCCC1. The normalized spacial score (nSPS) is 20.5. The number of allylic oxidation sites excluding steroid dienone is 1. The Bertz CT molecular complexity index is 961. The molecular weight excluding hydrogens is 328 g/mol. The average Bonchev–Trinajstić information content (AvgIpc) is 2.66. The Kier molecular flexibility index (Phi) is 4.42. The van der Waals surface area contributed by atoms with E-state index in [0.717, 1.165) is 6.42 Å². The van der Waals surface area contributed by atoms with E-state index in [1.54, 1.807) is 12.1 Å². The summed E-state index contributed by atoms with van der Waals surface area (Å²) >= 11 is 0. The lowest BCUT2D eigenvalue weighted by Crippen LogP contribution is -2.26. The van der Waals surface area contributed by atoms with Gasteiger partial charge < -0.3 is 14.9 Å². The molecule has 1 aromatic carbocycles. The van der Waals surface area contributed by atoms with E-state index < -0.39 is 5.63 Å². The second-order valence-corrected chi connectivity index (χ2v) is 7.25. The van der Waals surface area contributed by atoms with Gasteiger partial charge in [-0.3, -0.25) is 0 Å². The smallest absolute Gasteiger partial charge is 0.343 e. The highest BCUT2D eigenvalue weighted by atomic mass is 16.5. The van der Waals surface area contributed by atoms with Crippen LogP contribution in [0.3, 0.4) is 0 Å². The first kappa shape index (κ1) is 16.7. The average molecular weight is 350 g/mol. The van der Waals surface area contributed by atoms with Crippen LogP contribution in [0.1, 0.15) is 56.4 Å². The molecule has 1 aliphatic carbocycles. The molecule has 1 aromatic heterocycles. The van der Waals surface area contributed by atoms with Crippen LogP contribution in [0.15, 0.2) is 44.9 Å². The van der Waals surface area contributed by atoms with Crippen LogP contribution in [0.5, 0.6) is 5.75 Å². The highest BCUT2D eigenvalue weighted by Gasteiger charge is 2.34. The van der Waals surface area contributed by atoms with Gasteiger partial charge in [0.15, 0.2) is 5.75 Å². The van der Waals surface area contributed by atoms with E-state index in [9.17, 15) is 10.1 Å². The van der Waals surface area contributed by atoms with Gasteiger partial charge in [0, 0.05) is 5.92 Å². The molecule has 0 unspecified atom stereocenters. The fourth-order valence-corrected chi connectivity index (χ4v) is 4.33. The highest BCUT2D eigenvalue weighted by molar-refractivity contribution is 5.85. The fourth-order valence-electron chi connectivity index (χ4n) is 4.33. The quantitative estimate of drug-likeness (QED) is 0.833. The van der Waals surface area contributed by atoms with Gasteiger partial charge in [0.2, 0.25) is 5.88 Å². The summed E-state index contributed by atoms with van der Waals surface area (Å²) in [6.07, 6.45) is 7.99. The summed E-state index contributed by atoms with van der Waals surface area (Å²) in [7, 11) is 0. The zero-order valence-corrected chi connectivity index (χ0v) is 14.7. The molecule has 5 heteroatoms. The molecule has 1 fully saturated rings. The van der Waals surface area contributed by atoms with E-state index in [1.807, 2.05) is 12.1 Å². The molecule has 1 aliphatic heterocycles. The zero-order valence-electron chi connectivity index (χ0n) is 14.7. The molecule has 0 radical (unpaired) electrons. The molecule has 0 amide bonds. The summed E-state index contributed by atoms with van der Waals surface area (Å²) < 4.78 is 11.2. The minimum absolute atomic E-state index is 0.101. The van der Waals surface area contributed by atoms with E-state index in [2.05, 4.69) is 6.07 Å². The van der Waals surface area contributed by atoms with E-state index in [0.29, 0.717) is 40.2 Å². The van der Waals surface area contributed by atoms with Crippen LogP contribution in [0.25, 0.3) is 11.0 Å². The lowest BCUT2D eigenvalue weighted by molar-refractivity contribution is 0.318. The number of hydrogen-bond acceptors (Lipinski definition) is 5. The minimum Gasteiger partial charge on any atom is -0.439 e. The first-order chi connectivity index (χ1) is 12.7. The van der Waals surface area contributed by atoms with Gasteiger partial charge in [-0.05, 0) is 30.9 Å². The number of para-hydroxylation sites is 1. The summed E-state index contributed by atoms with van der Waals surface area (Å²) in [5.41, 5.74) is 6.86. The van der Waals surface area contributed by atoms with E-state index >= 15 is 0 Å². The van der Waals surface area contributed by atoms with Crippen molar-refractivity contribution in [3.05, 3.63) is 51.7 Å². The van der Waals surface area contributed by atoms with Crippen molar-refractivity contribution in [2.24, 2.45) is 11.7 Å². The Hall–Kier alpha value is -2.74. The summed E-state index contributed by atoms with van der Waals surface area (Å²) in [6.45, 7) is 0. The van der Waals surface area contributed by atoms with Crippen molar-refractivity contribution in [2.75, 3.05) is 0 Å². The largest absolute Gasteiger partial charge is 0.439 e. The van der Waals surface area contributed by atoms with E-state index in [-0.39, 0.29) is 11.8 Å². The van der Waals surface area contributed by atoms with Gasteiger partial charge in [0.1, 0.15) is 11.7 Å². The predicted molar refractivity (Wildman–Crippen MR) is 98.5 cm³/mol. The summed E-state index contributed by atoms with van der Waals surface area (Å²) in [6, 6.07) is 9.41. The minimum atomic E-state index is -0.437. The van der Waals surface area contributed by atoms with Crippen LogP contribution >= 0.6 is 0 Å². The molecule has 2 aromatic rings. The highest BCUT2D eigenvalue weighted by Crippen LogP contribution is 2.43. The number of nitrogens with zero attached hydrogens (tertiary/aromatic N) is 1. The molecular formula is C21H22N2O3. The first-order valence-electron chi connectivity index (χ1n) is 9.32. The zero-order chi connectivity index (χ0) is 18.1. The molecule has 4 rings (SSSR count). The molecule has 0 spiro atoms. The number of rotatable bonds is 3. The summed E-state index contributed by atoms with van der Waals surface area (Å²) in [4.78, 5) is 12.7. The van der Waals surface area contributed by atoms with Crippen LogP contribution in [0.4, 0.5) is 0 Å². The van der Waals surface area contributed by atoms with Crippen LogP contribution in [-0.4, -0.2) is 0 Å². The molecule has 1 atom stereocenters. The van der Waals surface area contributed by atoms with E-state index in [4.69, 9.17) is 14.9 Å². The van der Waals surface area contributed by atoms with Gasteiger partial charge in [-0.1, -0.05) is 44.2 Å². The summed E-state index contributed by atoms with van der Waals surface area (Å²) in [5, 5.41) is 10.3. The number of nitrogens with two attached hydrogens (primary N) is 1. The second kappa shape index (κ2) is 6.87. The Morgan fingerprint density at radius 1 is 1.15 bits per heavy atom. The third kappa shape index (κ3) is 2.86. The number of hydrogen-bond donors (Lipinski definition) is 1. The number of nitriles is 1. The Labute approximate surface area is 152 Å². The van der Waals surface area contributed by atoms with Crippen molar-refractivity contribution >= 4 is 11.0 Å². The Morgan fingerprint density at radius 3 is 2.69 bits per heavy atom. The van der Waals surface area contributed by atoms with Crippen molar-refractivity contribution < 1.29 is 9.15 Å². The molecule has 2 N–H and O–H groups in total. The molecule has 2 heterocycles. The number of fused-ring (bicyclic) bond motifs is 3. The van der Waals surface area contributed by atoms with Gasteiger partial charge in [0.25, 0.3) is 0 Å². The molecule has 134 valence electrons. The lowest BCUT2D eigenvalue weighted by atomic mass is 9.80. The number of ether oxygens (including phenoxy) is 1. The van der Waals surface area contributed by atoms with Gasteiger partial charge in [0.05, 0.1) is 16.5 Å². The molecule has 5 nitrogen and oxygen atoms in total. The topological polar surface area (TPSA) is 89.3 Å². The Morgan fingerprint density at radius 2 is 1.92 bits per heavy atom. The standard InChI is InChI=1S/C21H22N2O3/c22-12-16-14(11-10-13-6-2-1-3-7-13)18-19(26-20(16)23)15-8-4-5-9-17(15)25-21(18)24/h4-5,8-9,13-14H,1-3,6-7,10-11,23H2/t14-/m1/s1. The molecule has 26 heavy (non-hydrogen) atoms. The van der Waals surface area contributed by atoms with Crippen LogP contribution in [-0.2, 0) is 0 Å². The predicted octanol–water partition coefficient (Wildman–Crippen LogP) is 4.32. The van der Waals surface area contributed by atoms with Gasteiger partial charge in [-0.15, -0.1) is 0 Å². The van der Waals surface area contributed by atoms with Crippen molar-refractivity contribution in [1.29, 1.82) is 5.26 Å². The Balaban J connectivity index is 1.76. The molecule has 1 saturated carbocycles. The van der Waals surface area contributed by atoms with Crippen LogP contribution in [0, 0.1) is 17.2 Å². The third-order valence-corrected chi connectivity index (χ3v) is 5.68. The molecule has 0 saturated heterocycles. The monoisotopic (exact) mass is 350 g/mol. The van der Waals surface area contributed by atoms with Crippen molar-refractivity contribution in [1.82, 2.24) is 0 Å². The third-order valence-electron chi connectivity index (χ3n) is 5.68. The second-order valence-electron chi connectivity index (χ2n) is 7.25. The molecule has 2 aliphatic rings. The number of benzene rings is 1. The van der Waals surface area contributed by atoms with Crippen molar-refractivity contribution in [2.45, 2.75) is 50.9 Å². The first-order valence-corrected chi connectivity index (χ1v) is 9.32. The van der Waals surface area contributed by atoms with Crippen molar-refractivity contribution in [3.8, 4) is 11.8 Å². The maximum Gasteiger partial charge on any atom is 0.343 e. The fraction of sp³-hybridized carbons (Fsp3) is 0.429. The van der Waals surface area contributed by atoms with Gasteiger partial charge in [-0.2, -0.15) is 5.26 Å². The molecule has 0 bridgehead atoms. The van der Waals surface area contributed by atoms with Gasteiger partial charge >= 0.3 is 5.63 Å².